The molecular weight excluding hydrogens is 310 g/mol. The summed E-state index contributed by atoms with van der Waals surface area (Å²) in [6.07, 6.45) is 3.02. The van der Waals surface area contributed by atoms with Gasteiger partial charge in [0.2, 0.25) is 0 Å². The van der Waals surface area contributed by atoms with E-state index in [4.69, 9.17) is 4.74 Å². The van der Waals surface area contributed by atoms with Crippen molar-refractivity contribution in [3.63, 3.8) is 0 Å². The van der Waals surface area contributed by atoms with Gasteiger partial charge in [-0.3, -0.25) is 9.88 Å². The van der Waals surface area contributed by atoms with Crippen LogP contribution in [-0.4, -0.2) is 49.1 Å². The number of pyridine rings is 1. The van der Waals surface area contributed by atoms with Crippen LogP contribution in [0, 0.1) is 13.8 Å². The first-order valence-corrected chi connectivity index (χ1v) is 8.91. The minimum Gasteiger partial charge on any atom is -0.496 e. The van der Waals surface area contributed by atoms with Gasteiger partial charge in [-0.1, -0.05) is 12.1 Å². The van der Waals surface area contributed by atoms with E-state index in [-0.39, 0.29) is 0 Å². The van der Waals surface area contributed by atoms with Crippen LogP contribution in [0.5, 0.6) is 5.75 Å². The molecule has 0 aliphatic rings. The molecule has 0 saturated heterocycles. The predicted molar refractivity (Wildman–Crippen MR) is 104 cm³/mol. The number of nitrogens with zero attached hydrogens (tertiary/aromatic N) is 3. The van der Waals surface area contributed by atoms with Crippen LogP contribution >= 0.6 is 0 Å². The summed E-state index contributed by atoms with van der Waals surface area (Å²) in [6, 6.07) is 10.4. The highest BCUT2D eigenvalue weighted by molar-refractivity contribution is 5.43. The Hall–Kier alpha value is -1.91. The van der Waals surface area contributed by atoms with Crippen LogP contribution < -0.4 is 4.74 Å². The second-order valence-corrected chi connectivity index (χ2v) is 6.87. The largest absolute Gasteiger partial charge is 0.496 e. The zero-order chi connectivity index (χ0) is 18.2. The standard InChI is InChI=1S/C21H31N3O/c1-17-18(2)21(25-5)11-10-19(17)15-24(14-8-13-23(3)4)16-20-9-6-7-12-22-20/h6-7,9-12H,8,13-16H2,1-5H3. The second-order valence-electron chi connectivity index (χ2n) is 6.87. The number of aromatic nitrogens is 1. The lowest BCUT2D eigenvalue weighted by Crippen LogP contribution is -2.27. The van der Waals surface area contributed by atoms with Crippen LogP contribution in [0.25, 0.3) is 0 Å². The summed E-state index contributed by atoms with van der Waals surface area (Å²) < 4.78 is 5.44. The van der Waals surface area contributed by atoms with Crippen LogP contribution in [-0.2, 0) is 13.1 Å². The molecule has 0 radical (unpaired) electrons. The summed E-state index contributed by atoms with van der Waals surface area (Å²) in [5.41, 5.74) is 5.03. The molecule has 0 atom stereocenters. The monoisotopic (exact) mass is 341 g/mol. The molecule has 1 heterocycles. The quantitative estimate of drug-likeness (QED) is 0.696. The lowest BCUT2D eigenvalue weighted by Gasteiger charge is -2.24. The van der Waals surface area contributed by atoms with E-state index >= 15 is 0 Å². The first-order valence-electron chi connectivity index (χ1n) is 8.91. The van der Waals surface area contributed by atoms with Gasteiger partial charge in [-0.05, 0) is 75.8 Å². The lowest BCUT2D eigenvalue weighted by molar-refractivity contribution is 0.236. The van der Waals surface area contributed by atoms with Crippen molar-refractivity contribution in [3.05, 3.63) is 58.9 Å². The summed E-state index contributed by atoms with van der Waals surface area (Å²) >= 11 is 0. The van der Waals surface area contributed by atoms with Gasteiger partial charge in [-0.25, -0.2) is 0 Å². The van der Waals surface area contributed by atoms with Gasteiger partial charge in [-0.2, -0.15) is 0 Å². The van der Waals surface area contributed by atoms with Crippen LogP contribution in [0.3, 0.4) is 0 Å². The molecule has 4 heteroatoms. The van der Waals surface area contributed by atoms with Crippen molar-refractivity contribution < 1.29 is 4.74 Å². The summed E-state index contributed by atoms with van der Waals surface area (Å²) in [5.74, 6) is 0.963. The van der Waals surface area contributed by atoms with Crippen LogP contribution in [0.1, 0.15) is 28.8 Å². The first-order chi connectivity index (χ1) is 12.0. The van der Waals surface area contributed by atoms with Crippen LogP contribution in [0.2, 0.25) is 0 Å². The highest BCUT2D eigenvalue weighted by atomic mass is 16.5. The van der Waals surface area contributed by atoms with E-state index in [9.17, 15) is 0 Å². The topological polar surface area (TPSA) is 28.6 Å². The van der Waals surface area contributed by atoms with Gasteiger partial charge in [0.15, 0.2) is 0 Å². The van der Waals surface area contributed by atoms with E-state index in [1.807, 2.05) is 12.3 Å². The van der Waals surface area contributed by atoms with E-state index in [0.29, 0.717) is 0 Å². The Morgan fingerprint density at radius 1 is 0.960 bits per heavy atom. The number of methoxy groups -OCH3 is 1. The molecule has 0 amide bonds. The minimum atomic E-state index is 0.874. The maximum absolute atomic E-state index is 5.44. The molecule has 0 fully saturated rings. The molecule has 25 heavy (non-hydrogen) atoms. The fourth-order valence-corrected chi connectivity index (χ4v) is 3.03. The third-order valence-electron chi connectivity index (χ3n) is 4.65. The molecule has 1 aromatic carbocycles. The van der Waals surface area contributed by atoms with E-state index in [1.54, 1.807) is 7.11 Å². The third-order valence-corrected chi connectivity index (χ3v) is 4.65. The fraction of sp³-hybridized carbons (Fsp3) is 0.476. The van der Waals surface area contributed by atoms with Crippen molar-refractivity contribution in [2.75, 3.05) is 34.3 Å². The molecule has 0 aliphatic carbocycles. The molecule has 1 aromatic heterocycles. The SMILES string of the molecule is COc1ccc(CN(CCCN(C)C)Cc2ccccn2)c(C)c1C. The Bertz CT molecular complexity index is 656. The Labute approximate surface area is 152 Å². The fourth-order valence-electron chi connectivity index (χ4n) is 3.03. The van der Waals surface area contributed by atoms with Crippen LogP contribution in [0.4, 0.5) is 0 Å². The van der Waals surface area contributed by atoms with E-state index in [1.165, 1.54) is 16.7 Å². The van der Waals surface area contributed by atoms with Crippen molar-refractivity contribution >= 4 is 0 Å². The highest BCUT2D eigenvalue weighted by Gasteiger charge is 2.12. The third kappa shape index (κ3) is 5.83. The first kappa shape index (κ1) is 19.4. The summed E-state index contributed by atoms with van der Waals surface area (Å²) in [5, 5.41) is 0. The number of hydrogen-bond donors (Lipinski definition) is 0. The van der Waals surface area contributed by atoms with Crippen LogP contribution in [0.15, 0.2) is 36.5 Å². The van der Waals surface area contributed by atoms with Gasteiger partial charge in [0, 0.05) is 25.8 Å². The van der Waals surface area contributed by atoms with E-state index in [0.717, 1.165) is 44.0 Å². The molecule has 4 nitrogen and oxygen atoms in total. The zero-order valence-corrected chi connectivity index (χ0v) is 16.2. The highest BCUT2D eigenvalue weighted by Crippen LogP contribution is 2.25. The van der Waals surface area contributed by atoms with Crippen molar-refractivity contribution in [2.24, 2.45) is 0 Å². The Kier molecular flexibility index (Phi) is 7.41. The average molecular weight is 341 g/mol. The Morgan fingerprint density at radius 3 is 2.40 bits per heavy atom. The Balaban J connectivity index is 2.13. The molecule has 0 bridgehead atoms. The zero-order valence-electron chi connectivity index (χ0n) is 16.2. The van der Waals surface area contributed by atoms with Gasteiger partial charge in [0.25, 0.3) is 0 Å². The molecular formula is C21H31N3O. The lowest BCUT2D eigenvalue weighted by atomic mass is 10.0. The maximum Gasteiger partial charge on any atom is 0.122 e. The molecule has 136 valence electrons. The van der Waals surface area contributed by atoms with Gasteiger partial charge < -0.3 is 9.64 Å². The minimum absolute atomic E-state index is 0.874. The van der Waals surface area contributed by atoms with E-state index < -0.39 is 0 Å². The molecule has 0 unspecified atom stereocenters. The summed E-state index contributed by atoms with van der Waals surface area (Å²) in [6.45, 7) is 8.27. The number of benzene rings is 1. The van der Waals surface area contributed by atoms with Crippen molar-refractivity contribution in [2.45, 2.75) is 33.4 Å². The molecule has 0 spiro atoms. The Morgan fingerprint density at radius 2 is 1.76 bits per heavy atom. The molecule has 0 saturated carbocycles. The summed E-state index contributed by atoms with van der Waals surface area (Å²) in [4.78, 5) is 9.22. The molecule has 2 rings (SSSR count). The van der Waals surface area contributed by atoms with E-state index in [2.05, 4.69) is 67.0 Å². The van der Waals surface area contributed by atoms with Crippen molar-refractivity contribution in [3.8, 4) is 5.75 Å². The van der Waals surface area contributed by atoms with Crippen molar-refractivity contribution in [1.82, 2.24) is 14.8 Å². The smallest absolute Gasteiger partial charge is 0.122 e. The predicted octanol–water partition coefficient (Wildman–Crippen LogP) is 3.66. The van der Waals surface area contributed by atoms with Crippen molar-refractivity contribution in [1.29, 1.82) is 0 Å². The normalized spacial score (nSPS) is 11.3. The number of rotatable bonds is 9. The number of hydrogen-bond acceptors (Lipinski definition) is 4. The van der Waals surface area contributed by atoms with Gasteiger partial charge in [0.05, 0.1) is 12.8 Å². The average Bonchev–Trinajstić information content (AvgIpc) is 2.59. The number of ether oxygens (including phenoxy) is 1. The maximum atomic E-state index is 5.44. The molecule has 2 aromatic rings. The summed E-state index contributed by atoms with van der Waals surface area (Å²) in [7, 11) is 5.98. The molecule has 0 aliphatic heterocycles. The van der Waals surface area contributed by atoms with Gasteiger partial charge in [0.1, 0.15) is 5.75 Å². The second kappa shape index (κ2) is 9.54. The van der Waals surface area contributed by atoms with Gasteiger partial charge in [-0.15, -0.1) is 0 Å². The molecule has 0 N–H and O–H groups in total. The van der Waals surface area contributed by atoms with Gasteiger partial charge >= 0.3 is 0 Å².